The molecule has 1 unspecified atom stereocenters. The molecule has 2 aromatic carbocycles. The van der Waals surface area contributed by atoms with Crippen molar-refractivity contribution in [1.82, 2.24) is 10.3 Å². The van der Waals surface area contributed by atoms with Gasteiger partial charge in [-0.2, -0.15) is 13.2 Å². The Bertz CT molecular complexity index is 1090. The summed E-state index contributed by atoms with van der Waals surface area (Å²) in [6.45, 7) is 1.91. The molecule has 0 spiro atoms. The third-order valence-electron chi connectivity index (χ3n) is 4.56. The Hall–Kier alpha value is -3.72. The van der Waals surface area contributed by atoms with Crippen molar-refractivity contribution < 1.29 is 22.8 Å². The molecule has 166 valence electrons. The number of carbonyl (C=O) groups is 2. The SMILES string of the molecule is CC(NCC(=O)Nc1cccc(C(=O)Nc2cccc(C(F)(F)F)c2)c1)c1ccccn1. The molecule has 0 aliphatic heterocycles. The Morgan fingerprint density at radius 3 is 2.34 bits per heavy atom. The van der Waals surface area contributed by atoms with Gasteiger partial charge in [-0.05, 0) is 55.5 Å². The van der Waals surface area contributed by atoms with Crippen molar-refractivity contribution >= 4 is 23.2 Å². The van der Waals surface area contributed by atoms with Crippen LogP contribution in [0.5, 0.6) is 0 Å². The maximum atomic E-state index is 12.9. The molecule has 1 atom stereocenters. The van der Waals surface area contributed by atoms with Gasteiger partial charge in [-0.25, -0.2) is 0 Å². The Labute approximate surface area is 182 Å². The highest BCUT2D eigenvalue weighted by Crippen LogP contribution is 2.30. The molecule has 2 amide bonds. The van der Waals surface area contributed by atoms with Crippen molar-refractivity contribution in [2.45, 2.75) is 19.1 Å². The first-order chi connectivity index (χ1) is 15.2. The lowest BCUT2D eigenvalue weighted by Gasteiger charge is -2.13. The van der Waals surface area contributed by atoms with E-state index in [-0.39, 0.29) is 29.7 Å². The standard InChI is InChI=1S/C23H21F3N4O2/c1-15(20-10-2-3-11-27-20)28-14-21(31)29-18-8-4-6-16(12-18)22(32)30-19-9-5-7-17(13-19)23(24,25)26/h2-13,15,28H,14H2,1H3,(H,29,31)(H,30,32). The van der Waals surface area contributed by atoms with Crippen LogP contribution in [0.1, 0.15) is 34.6 Å². The van der Waals surface area contributed by atoms with Gasteiger partial charge in [-0.1, -0.05) is 18.2 Å². The summed E-state index contributed by atoms with van der Waals surface area (Å²) in [4.78, 5) is 28.9. The highest BCUT2D eigenvalue weighted by atomic mass is 19.4. The molecule has 32 heavy (non-hydrogen) atoms. The summed E-state index contributed by atoms with van der Waals surface area (Å²) < 4.78 is 38.6. The molecule has 0 bridgehead atoms. The summed E-state index contributed by atoms with van der Waals surface area (Å²) in [6, 6.07) is 15.9. The molecule has 3 aromatic rings. The van der Waals surface area contributed by atoms with E-state index >= 15 is 0 Å². The molecular weight excluding hydrogens is 421 g/mol. The molecule has 1 aromatic heterocycles. The van der Waals surface area contributed by atoms with Crippen LogP contribution in [-0.2, 0) is 11.0 Å². The average Bonchev–Trinajstić information content (AvgIpc) is 2.78. The quantitative estimate of drug-likeness (QED) is 0.498. The average molecular weight is 442 g/mol. The van der Waals surface area contributed by atoms with Crippen LogP contribution in [0, 0.1) is 0 Å². The van der Waals surface area contributed by atoms with Gasteiger partial charge in [0, 0.05) is 29.2 Å². The van der Waals surface area contributed by atoms with E-state index in [9.17, 15) is 22.8 Å². The summed E-state index contributed by atoms with van der Waals surface area (Å²) in [5.41, 5.74) is 0.540. The predicted octanol–water partition coefficient (Wildman–Crippen LogP) is 4.64. The topological polar surface area (TPSA) is 83.1 Å². The fourth-order valence-electron chi connectivity index (χ4n) is 2.90. The molecule has 0 saturated carbocycles. The highest BCUT2D eigenvalue weighted by molar-refractivity contribution is 6.05. The minimum Gasteiger partial charge on any atom is -0.325 e. The van der Waals surface area contributed by atoms with E-state index in [1.165, 1.54) is 24.3 Å². The van der Waals surface area contributed by atoms with Crippen molar-refractivity contribution in [3.8, 4) is 0 Å². The van der Waals surface area contributed by atoms with Crippen LogP contribution in [0.2, 0.25) is 0 Å². The maximum absolute atomic E-state index is 12.9. The van der Waals surface area contributed by atoms with Gasteiger partial charge in [0.15, 0.2) is 0 Å². The first-order valence-electron chi connectivity index (χ1n) is 9.75. The maximum Gasteiger partial charge on any atom is 0.416 e. The second-order valence-corrected chi connectivity index (χ2v) is 7.02. The monoisotopic (exact) mass is 442 g/mol. The fraction of sp³-hybridized carbons (Fsp3) is 0.174. The Kier molecular flexibility index (Phi) is 7.21. The van der Waals surface area contributed by atoms with Crippen LogP contribution >= 0.6 is 0 Å². The second kappa shape index (κ2) is 10.1. The van der Waals surface area contributed by atoms with Crippen molar-refractivity contribution in [2.75, 3.05) is 17.2 Å². The number of amides is 2. The van der Waals surface area contributed by atoms with E-state index in [4.69, 9.17) is 0 Å². The normalized spacial score (nSPS) is 12.1. The second-order valence-electron chi connectivity index (χ2n) is 7.02. The summed E-state index contributed by atoms with van der Waals surface area (Å²) in [5, 5.41) is 8.19. The third-order valence-corrected chi connectivity index (χ3v) is 4.56. The van der Waals surface area contributed by atoms with Gasteiger partial charge >= 0.3 is 6.18 Å². The Morgan fingerprint density at radius 1 is 0.938 bits per heavy atom. The first kappa shape index (κ1) is 23.0. The number of hydrogen-bond acceptors (Lipinski definition) is 4. The zero-order chi connectivity index (χ0) is 23.1. The predicted molar refractivity (Wildman–Crippen MR) is 115 cm³/mol. The number of pyridine rings is 1. The molecule has 1 heterocycles. The van der Waals surface area contributed by atoms with E-state index in [0.29, 0.717) is 5.69 Å². The van der Waals surface area contributed by atoms with Gasteiger partial charge < -0.3 is 16.0 Å². The number of carbonyl (C=O) groups excluding carboxylic acids is 2. The lowest BCUT2D eigenvalue weighted by atomic mass is 10.1. The van der Waals surface area contributed by atoms with Gasteiger partial charge in [0.05, 0.1) is 17.8 Å². The number of alkyl halides is 3. The zero-order valence-corrected chi connectivity index (χ0v) is 17.1. The number of rotatable bonds is 7. The van der Waals surface area contributed by atoms with Crippen LogP contribution in [0.4, 0.5) is 24.5 Å². The van der Waals surface area contributed by atoms with E-state index < -0.39 is 17.6 Å². The zero-order valence-electron chi connectivity index (χ0n) is 17.1. The minimum atomic E-state index is -4.51. The van der Waals surface area contributed by atoms with Gasteiger partial charge in [-0.15, -0.1) is 0 Å². The summed E-state index contributed by atoms with van der Waals surface area (Å²) in [7, 11) is 0. The van der Waals surface area contributed by atoms with Crippen molar-refractivity contribution in [3.05, 3.63) is 89.7 Å². The van der Waals surface area contributed by atoms with E-state index in [2.05, 4.69) is 20.9 Å². The molecule has 9 heteroatoms. The van der Waals surface area contributed by atoms with E-state index in [0.717, 1.165) is 17.8 Å². The number of aromatic nitrogens is 1. The third kappa shape index (κ3) is 6.39. The van der Waals surface area contributed by atoms with Crippen LogP contribution in [0.25, 0.3) is 0 Å². The molecule has 3 N–H and O–H groups in total. The molecule has 0 radical (unpaired) electrons. The minimum absolute atomic E-state index is 0.0203. The number of benzene rings is 2. The lowest BCUT2D eigenvalue weighted by molar-refractivity contribution is -0.137. The molecule has 0 saturated heterocycles. The molecule has 0 aliphatic rings. The fourth-order valence-corrected chi connectivity index (χ4v) is 2.90. The summed E-state index contributed by atoms with van der Waals surface area (Å²) in [6.07, 6.45) is -2.84. The van der Waals surface area contributed by atoms with Crippen LogP contribution in [-0.4, -0.2) is 23.3 Å². The van der Waals surface area contributed by atoms with Gasteiger partial charge in [0.2, 0.25) is 5.91 Å². The Morgan fingerprint density at radius 2 is 1.66 bits per heavy atom. The summed E-state index contributed by atoms with van der Waals surface area (Å²) in [5.74, 6) is -0.912. The van der Waals surface area contributed by atoms with Crippen molar-refractivity contribution in [1.29, 1.82) is 0 Å². The van der Waals surface area contributed by atoms with Crippen LogP contribution < -0.4 is 16.0 Å². The van der Waals surface area contributed by atoms with Gasteiger partial charge in [0.1, 0.15) is 0 Å². The lowest BCUT2D eigenvalue weighted by Crippen LogP contribution is -2.30. The Balaban J connectivity index is 1.59. The number of nitrogens with zero attached hydrogens (tertiary/aromatic N) is 1. The highest BCUT2D eigenvalue weighted by Gasteiger charge is 2.30. The first-order valence-corrected chi connectivity index (χ1v) is 9.75. The number of anilines is 2. The number of hydrogen-bond donors (Lipinski definition) is 3. The van der Waals surface area contributed by atoms with Crippen LogP contribution in [0.3, 0.4) is 0 Å². The molecule has 0 aliphatic carbocycles. The number of nitrogens with one attached hydrogen (secondary N) is 3. The molecule has 3 rings (SSSR count). The number of halogens is 3. The van der Waals surface area contributed by atoms with Gasteiger partial charge in [0.25, 0.3) is 5.91 Å². The van der Waals surface area contributed by atoms with E-state index in [1.54, 1.807) is 24.4 Å². The molecular formula is C23H21F3N4O2. The molecule has 6 nitrogen and oxygen atoms in total. The smallest absolute Gasteiger partial charge is 0.325 e. The molecule has 0 fully saturated rings. The van der Waals surface area contributed by atoms with Crippen molar-refractivity contribution in [3.63, 3.8) is 0 Å². The van der Waals surface area contributed by atoms with E-state index in [1.807, 2.05) is 19.1 Å². The largest absolute Gasteiger partial charge is 0.416 e. The van der Waals surface area contributed by atoms with Crippen LogP contribution in [0.15, 0.2) is 72.9 Å². The summed E-state index contributed by atoms with van der Waals surface area (Å²) >= 11 is 0. The van der Waals surface area contributed by atoms with Gasteiger partial charge in [-0.3, -0.25) is 14.6 Å². The van der Waals surface area contributed by atoms with Crippen molar-refractivity contribution in [2.24, 2.45) is 0 Å².